The number of benzene rings is 1. The molecule has 2 unspecified atom stereocenters. The van der Waals surface area contributed by atoms with Gasteiger partial charge in [0, 0.05) is 19.2 Å². The molecule has 0 spiro atoms. The van der Waals surface area contributed by atoms with Crippen molar-refractivity contribution in [3.63, 3.8) is 0 Å². The number of carbonyl (C=O) groups is 1. The molecule has 0 radical (unpaired) electrons. The van der Waals surface area contributed by atoms with Gasteiger partial charge in [-0.25, -0.2) is 8.78 Å². The van der Waals surface area contributed by atoms with Crippen molar-refractivity contribution >= 4 is 11.7 Å². The number of carboxylic acids is 1. The number of nitrogens with zero attached hydrogens (tertiary/aromatic N) is 1. The van der Waals surface area contributed by atoms with Crippen LogP contribution in [0.4, 0.5) is 14.5 Å². The standard InChI is InChI=1S/C11H11F2NO2/c1-14(9-5-7(9)11(15)16)10-4-6(12)2-3-8(10)13/h2-4,7,9H,5H2,1H3,(H,15,16). The lowest BCUT2D eigenvalue weighted by atomic mass is 10.2. The SMILES string of the molecule is CN(c1cc(F)ccc1F)C1CC1C(=O)O. The molecule has 2 rings (SSSR count). The van der Waals surface area contributed by atoms with Crippen molar-refractivity contribution in [2.24, 2.45) is 5.92 Å². The van der Waals surface area contributed by atoms with Crippen LogP contribution < -0.4 is 4.90 Å². The van der Waals surface area contributed by atoms with Gasteiger partial charge in [-0.15, -0.1) is 0 Å². The highest BCUT2D eigenvalue weighted by Crippen LogP contribution is 2.38. The van der Waals surface area contributed by atoms with E-state index in [-0.39, 0.29) is 11.7 Å². The predicted molar refractivity (Wildman–Crippen MR) is 54.3 cm³/mol. The Bertz CT molecular complexity index is 436. The maximum Gasteiger partial charge on any atom is 0.308 e. The molecule has 1 fully saturated rings. The van der Waals surface area contributed by atoms with Crippen LogP contribution in [0.1, 0.15) is 6.42 Å². The average Bonchev–Trinajstić information content (AvgIpc) is 3.00. The Morgan fingerprint density at radius 2 is 2.19 bits per heavy atom. The van der Waals surface area contributed by atoms with E-state index in [1.807, 2.05) is 0 Å². The number of hydrogen-bond donors (Lipinski definition) is 1. The van der Waals surface area contributed by atoms with Gasteiger partial charge in [0.1, 0.15) is 11.6 Å². The van der Waals surface area contributed by atoms with Gasteiger partial charge in [-0.3, -0.25) is 4.79 Å². The van der Waals surface area contributed by atoms with Gasteiger partial charge < -0.3 is 10.0 Å². The number of anilines is 1. The Morgan fingerprint density at radius 3 is 2.75 bits per heavy atom. The molecular weight excluding hydrogens is 216 g/mol. The van der Waals surface area contributed by atoms with E-state index in [0.717, 1.165) is 18.2 Å². The third kappa shape index (κ3) is 1.85. The summed E-state index contributed by atoms with van der Waals surface area (Å²) in [6.07, 6.45) is 0.474. The van der Waals surface area contributed by atoms with Gasteiger partial charge in [0.25, 0.3) is 0 Å². The van der Waals surface area contributed by atoms with Crippen LogP contribution in [0, 0.1) is 17.6 Å². The maximum atomic E-state index is 13.4. The minimum absolute atomic E-state index is 0.105. The Morgan fingerprint density at radius 1 is 1.50 bits per heavy atom. The van der Waals surface area contributed by atoms with Gasteiger partial charge >= 0.3 is 5.97 Å². The first kappa shape index (κ1) is 10.9. The summed E-state index contributed by atoms with van der Waals surface area (Å²) in [4.78, 5) is 12.1. The van der Waals surface area contributed by atoms with E-state index in [2.05, 4.69) is 0 Å². The Kier molecular flexibility index (Phi) is 2.53. The summed E-state index contributed by atoms with van der Waals surface area (Å²) in [5, 5.41) is 8.75. The molecule has 0 aliphatic heterocycles. The fourth-order valence-corrected chi connectivity index (χ4v) is 1.81. The highest BCUT2D eigenvalue weighted by Gasteiger charge is 2.46. The highest BCUT2D eigenvalue weighted by atomic mass is 19.1. The molecule has 2 atom stereocenters. The smallest absolute Gasteiger partial charge is 0.308 e. The van der Waals surface area contributed by atoms with Gasteiger partial charge in [0.15, 0.2) is 0 Å². The van der Waals surface area contributed by atoms with Crippen LogP contribution in [0.3, 0.4) is 0 Å². The third-order valence-corrected chi connectivity index (χ3v) is 2.86. The first-order valence-electron chi connectivity index (χ1n) is 4.91. The molecule has 0 bridgehead atoms. The van der Waals surface area contributed by atoms with Crippen molar-refractivity contribution in [2.45, 2.75) is 12.5 Å². The Labute approximate surface area is 91.3 Å². The third-order valence-electron chi connectivity index (χ3n) is 2.86. The summed E-state index contributed by atoms with van der Waals surface area (Å²) in [6.45, 7) is 0. The zero-order valence-electron chi connectivity index (χ0n) is 8.65. The molecule has 0 amide bonds. The topological polar surface area (TPSA) is 40.5 Å². The van der Waals surface area contributed by atoms with Crippen LogP contribution in [0.15, 0.2) is 18.2 Å². The van der Waals surface area contributed by atoms with E-state index in [4.69, 9.17) is 5.11 Å². The summed E-state index contributed by atoms with van der Waals surface area (Å²) in [5.74, 6) is -2.45. The van der Waals surface area contributed by atoms with Gasteiger partial charge in [-0.1, -0.05) is 0 Å². The minimum Gasteiger partial charge on any atom is -0.481 e. The summed E-state index contributed by atoms with van der Waals surface area (Å²) in [6, 6.07) is 2.91. The zero-order chi connectivity index (χ0) is 11.9. The number of aliphatic carboxylic acids is 1. The van der Waals surface area contributed by atoms with Crippen LogP contribution >= 0.6 is 0 Å². The maximum absolute atomic E-state index is 13.4. The molecule has 1 aliphatic carbocycles. The minimum atomic E-state index is -0.895. The fourth-order valence-electron chi connectivity index (χ4n) is 1.81. The second-order valence-corrected chi connectivity index (χ2v) is 3.95. The van der Waals surface area contributed by atoms with E-state index in [9.17, 15) is 13.6 Å². The van der Waals surface area contributed by atoms with Crippen molar-refractivity contribution in [2.75, 3.05) is 11.9 Å². The average molecular weight is 227 g/mol. The quantitative estimate of drug-likeness (QED) is 0.857. The molecule has 1 aromatic carbocycles. The van der Waals surface area contributed by atoms with E-state index >= 15 is 0 Å². The number of halogens is 2. The molecule has 1 N–H and O–H groups in total. The van der Waals surface area contributed by atoms with E-state index < -0.39 is 23.5 Å². The molecule has 1 saturated carbocycles. The lowest BCUT2D eigenvalue weighted by Gasteiger charge is -2.19. The molecule has 0 saturated heterocycles. The molecule has 0 aromatic heterocycles. The van der Waals surface area contributed by atoms with Crippen molar-refractivity contribution in [1.82, 2.24) is 0 Å². The van der Waals surface area contributed by atoms with Crippen molar-refractivity contribution < 1.29 is 18.7 Å². The molecular formula is C11H11F2NO2. The predicted octanol–water partition coefficient (Wildman–Crippen LogP) is 1.87. The van der Waals surface area contributed by atoms with Crippen LogP contribution in [0.5, 0.6) is 0 Å². The molecule has 0 heterocycles. The fraction of sp³-hybridized carbons (Fsp3) is 0.364. The Balaban J connectivity index is 2.19. The molecule has 5 heteroatoms. The van der Waals surface area contributed by atoms with Crippen molar-refractivity contribution in [1.29, 1.82) is 0 Å². The van der Waals surface area contributed by atoms with Crippen LogP contribution in [0.25, 0.3) is 0 Å². The van der Waals surface area contributed by atoms with Crippen LogP contribution in [-0.2, 0) is 4.79 Å². The number of rotatable bonds is 3. The Hall–Kier alpha value is -1.65. The van der Waals surface area contributed by atoms with Crippen LogP contribution in [-0.4, -0.2) is 24.2 Å². The number of hydrogen-bond acceptors (Lipinski definition) is 2. The first-order valence-corrected chi connectivity index (χ1v) is 4.91. The van der Waals surface area contributed by atoms with E-state index in [1.54, 1.807) is 7.05 Å². The largest absolute Gasteiger partial charge is 0.481 e. The molecule has 86 valence electrons. The molecule has 1 aromatic rings. The van der Waals surface area contributed by atoms with Gasteiger partial charge in [0.05, 0.1) is 11.6 Å². The second kappa shape index (κ2) is 3.73. The van der Waals surface area contributed by atoms with Crippen molar-refractivity contribution in [3.8, 4) is 0 Å². The summed E-state index contributed by atoms with van der Waals surface area (Å²) >= 11 is 0. The van der Waals surface area contributed by atoms with Crippen LogP contribution in [0.2, 0.25) is 0 Å². The summed E-state index contributed by atoms with van der Waals surface area (Å²) in [5.41, 5.74) is 0.105. The monoisotopic (exact) mass is 227 g/mol. The normalized spacial score (nSPS) is 22.9. The first-order chi connectivity index (χ1) is 7.50. The lowest BCUT2D eigenvalue weighted by molar-refractivity contribution is -0.138. The molecule has 1 aliphatic rings. The van der Waals surface area contributed by atoms with Gasteiger partial charge in [-0.2, -0.15) is 0 Å². The highest BCUT2D eigenvalue weighted by molar-refractivity contribution is 5.76. The number of carboxylic acid groups (broad SMARTS) is 1. The second-order valence-electron chi connectivity index (χ2n) is 3.95. The summed E-state index contributed by atoms with van der Waals surface area (Å²) < 4.78 is 26.3. The lowest BCUT2D eigenvalue weighted by Crippen LogP contribution is -2.24. The summed E-state index contributed by atoms with van der Waals surface area (Å²) in [7, 11) is 1.57. The van der Waals surface area contributed by atoms with Gasteiger partial charge in [0.2, 0.25) is 0 Å². The van der Waals surface area contributed by atoms with Crippen molar-refractivity contribution in [3.05, 3.63) is 29.8 Å². The van der Waals surface area contributed by atoms with E-state index in [1.165, 1.54) is 4.90 Å². The van der Waals surface area contributed by atoms with E-state index in [0.29, 0.717) is 6.42 Å². The molecule has 3 nitrogen and oxygen atoms in total. The molecule has 16 heavy (non-hydrogen) atoms. The zero-order valence-corrected chi connectivity index (χ0v) is 8.65. The van der Waals surface area contributed by atoms with Gasteiger partial charge in [-0.05, 0) is 18.6 Å².